The van der Waals surface area contributed by atoms with Gasteiger partial charge in [-0.25, -0.2) is 0 Å². The Morgan fingerprint density at radius 1 is 1.27 bits per heavy atom. The van der Waals surface area contributed by atoms with Crippen molar-refractivity contribution in [3.05, 3.63) is 41.7 Å². The first-order valence-electron chi connectivity index (χ1n) is 4.54. The maximum atomic E-state index is 10.8. The molecule has 0 N–H and O–H groups in total. The molecule has 0 heterocycles. The van der Waals surface area contributed by atoms with Gasteiger partial charge in [-0.2, -0.15) is 0 Å². The van der Waals surface area contributed by atoms with Gasteiger partial charge in [0.05, 0.1) is 5.56 Å². The van der Waals surface area contributed by atoms with Gasteiger partial charge in [0.2, 0.25) is 0 Å². The van der Waals surface area contributed by atoms with E-state index in [1.807, 2.05) is 0 Å². The van der Waals surface area contributed by atoms with E-state index < -0.39 is 0 Å². The van der Waals surface area contributed by atoms with Crippen molar-refractivity contribution in [2.45, 2.75) is 13.8 Å². The highest BCUT2D eigenvalue weighted by Crippen LogP contribution is 2.18. The topological polar surface area (TPSA) is 43.4 Å². The van der Waals surface area contributed by atoms with Crippen molar-refractivity contribution in [2.75, 3.05) is 0 Å². The zero-order valence-corrected chi connectivity index (χ0v) is 8.69. The number of para-hydroxylation sites is 1. The van der Waals surface area contributed by atoms with Gasteiger partial charge < -0.3 is 4.74 Å². The summed E-state index contributed by atoms with van der Waals surface area (Å²) in [4.78, 5) is 21.4. The lowest BCUT2D eigenvalue weighted by molar-refractivity contribution is -0.112. The van der Waals surface area contributed by atoms with Gasteiger partial charge in [0, 0.05) is 6.08 Å². The summed E-state index contributed by atoms with van der Waals surface area (Å²) in [5.74, 6) is 0.843. The van der Waals surface area contributed by atoms with Crippen LogP contribution in [0.15, 0.2) is 36.1 Å². The van der Waals surface area contributed by atoms with Crippen LogP contribution in [-0.2, 0) is 4.79 Å². The number of hydrogen-bond acceptors (Lipinski definition) is 3. The van der Waals surface area contributed by atoms with Crippen LogP contribution in [0.5, 0.6) is 5.75 Å². The molecule has 0 saturated heterocycles. The Labute approximate surface area is 88.4 Å². The number of benzene rings is 1. The average molecular weight is 204 g/mol. The molecule has 0 saturated carbocycles. The molecule has 0 radical (unpaired) electrons. The van der Waals surface area contributed by atoms with Crippen molar-refractivity contribution in [3.8, 4) is 5.75 Å². The van der Waals surface area contributed by atoms with E-state index in [1.165, 1.54) is 13.0 Å². The van der Waals surface area contributed by atoms with E-state index in [9.17, 15) is 9.59 Å². The number of aldehydes is 1. The number of hydrogen-bond donors (Lipinski definition) is 0. The van der Waals surface area contributed by atoms with Crippen LogP contribution in [0.2, 0.25) is 0 Å². The maximum Gasteiger partial charge on any atom is 0.155 e. The highest BCUT2D eigenvalue weighted by Gasteiger charge is 2.02. The molecule has 0 spiro atoms. The van der Waals surface area contributed by atoms with Crippen molar-refractivity contribution in [3.63, 3.8) is 0 Å². The Bertz CT molecular complexity index is 405. The van der Waals surface area contributed by atoms with E-state index in [4.69, 9.17) is 4.74 Å². The van der Waals surface area contributed by atoms with E-state index >= 15 is 0 Å². The number of carbonyl (C=O) groups excluding carboxylic acids is 2. The predicted molar refractivity (Wildman–Crippen MR) is 56.9 cm³/mol. The van der Waals surface area contributed by atoms with Gasteiger partial charge in [-0.1, -0.05) is 12.1 Å². The Hall–Kier alpha value is -1.90. The van der Waals surface area contributed by atoms with Gasteiger partial charge in [-0.3, -0.25) is 9.59 Å². The fourth-order valence-corrected chi connectivity index (χ4v) is 1.16. The summed E-state index contributed by atoms with van der Waals surface area (Å²) in [6.45, 7) is 3.11. The number of ketones is 1. The molecule has 0 aliphatic carbocycles. The molecule has 0 bridgehead atoms. The van der Waals surface area contributed by atoms with Crippen LogP contribution in [0, 0.1) is 0 Å². The SMILES string of the molecule is CC(=O)/C=C(/C)Oc1ccccc1C=O. The third-order valence-electron chi connectivity index (χ3n) is 1.72. The minimum atomic E-state index is -0.0870. The molecule has 0 aromatic heterocycles. The Kier molecular flexibility index (Phi) is 3.80. The first-order valence-corrected chi connectivity index (χ1v) is 4.54. The fraction of sp³-hybridized carbons (Fsp3) is 0.167. The van der Waals surface area contributed by atoms with Crippen LogP contribution in [-0.4, -0.2) is 12.1 Å². The van der Waals surface area contributed by atoms with Crippen LogP contribution in [0.1, 0.15) is 24.2 Å². The molecule has 1 aromatic carbocycles. The lowest BCUT2D eigenvalue weighted by atomic mass is 10.2. The zero-order chi connectivity index (χ0) is 11.3. The molecule has 0 aliphatic rings. The quantitative estimate of drug-likeness (QED) is 0.429. The monoisotopic (exact) mass is 204 g/mol. The molecular weight excluding hydrogens is 192 g/mol. The molecule has 0 aliphatic heterocycles. The number of ether oxygens (including phenoxy) is 1. The second kappa shape index (κ2) is 5.10. The van der Waals surface area contributed by atoms with Gasteiger partial charge in [0.15, 0.2) is 12.1 Å². The molecule has 0 fully saturated rings. The highest BCUT2D eigenvalue weighted by atomic mass is 16.5. The molecule has 1 aromatic rings. The summed E-state index contributed by atoms with van der Waals surface area (Å²) in [6.07, 6.45) is 2.10. The minimum absolute atomic E-state index is 0.0870. The molecule has 0 unspecified atom stereocenters. The van der Waals surface area contributed by atoms with Crippen LogP contribution in [0.4, 0.5) is 0 Å². The van der Waals surface area contributed by atoms with E-state index in [1.54, 1.807) is 31.2 Å². The Morgan fingerprint density at radius 3 is 2.53 bits per heavy atom. The van der Waals surface area contributed by atoms with Gasteiger partial charge in [0.1, 0.15) is 11.5 Å². The smallest absolute Gasteiger partial charge is 0.155 e. The molecule has 1 rings (SSSR count). The summed E-state index contributed by atoms with van der Waals surface area (Å²) >= 11 is 0. The normalized spacial score (nSPS) is 10.9. The van der Waals surface area contributed by atoms with Gasteiger partial charge in [-0.15, -0.1) is 0 Å². The first-order chi connectivity index (χ1) is 7.13. The standard InChI is InChI=1S/C12H12O3/c1-9(14)7-10(2)15-12-6-4-3-5-11(12)8-13/h3-8H,1-2H3/b10-7-. The lowest BCUT2D eigenvalue weighted by Gasteiger charge is -2.06. The van der Waals surface area contributed by atoms with E-state index in [0.717, 1.165) is 6.29 Å². The van der Waals surface area contributed by atoms with Crippen LogP contribution in [0.3, 0.4) is 0 Å². The van der Waals surface area contributed by atoms with E-state index in [2.05, 4.69) is 0 Å². The minimum Gasteiger partial charge on any atom is -0.461 e. The van der Waals surface area contributed by atoms with Gasteiger partial charge in [0.25, 0.3) is 0 Å². The summed E-state index contributed by atoms with van der Waals surface area (Å²) < 4.78 is 5.36. The van der Waals surface area contributed by atoms with Gasteiger partial charge >= 0.3 is 0 Å². The summed E-state index contributed by atoms with van der Waals surface area (Å²) in [6, 6.07) is 6.86. The van der Waals surface area contributed by atoms with Crippen LogP contribution in [0.25, 0.3) is 0 Å². The second-order valence-electron chi connectivity index (χ2n) is 3.12. The van der Waals surface area contributed by atoms with Crippen molar-refractivity contribution in [1.82, 2.24) is 0 Å². The molecule has 0 amide bonds. The van der Waals surface area contributed by atoms with Gasteiger partial charge in [-0.05, 0) is 26.0 Å². The van der Waals surface area contributed by atoms with Crippen LogP contribution < -0.4 is 4.74 Å². The molecule has 15 heavy (non-hydrogen) atoms. The number of allylic oxidation sites excluding steroid dienone is 2. The summed E-state index contributed by atoms with van der Waals surface area (Å²) in [7, 11) is 0. The van der Waals surface area contributed by atoms with Crippen molar-refractivity contribution in [1.29, 1.82) is 0 Å². The Morgan fingerprint density at radius 2 is 1.93 bits per heavy atom. The average Bonchev–Trinajstić information content (AvgIpc) is 2.17. The summed E-state index contributed by atoms with van der Waals surface area (Å²) in [5, 5.41) is 0. The maximum absolute atomic E-state index is 10.8. The molecule has 3 heteroatoms. The zero-order valence-electron chi connectivity index (χ0n) is 8.69. The largest absolute Gasteiger partial charge is 0.461 e. The Balaban J connectivity index is 2.89. The molecule has 0 atom stereocenters. The third kappa shape index (κ3) is 3.38. The third-order valence-corrected chi connectivity index (χ3v) is 1.72. The molecule has 78 valence electrons. The number of carbonyl (C=O) groups is 2. The van der Waals surface area contributed by atoms with Crippen molar-refractivity contribution >= 4 is 12.1 Å². The number of rotatable bonds is 4. The first kappa shape index (κ1) is 11.2. The molecular formula is C12H12O3. The lowest BCUT2D eigenvalue weighted by Crippen LogP contribution is -1.97. The van der Waals surface area contributed by atoms with Crippen molar-refractivity contribution < 1.29 is 14.3 Å². The van der Waals surface area contributed by atoms with E-state index in [-0.39, 0.29) is 5.78 Å². The van der Waals surface area contributed by atoms with Crippen LogP contribution >= 0.6 is 0 Å². The summed E-state index contributed by atoms with van der Waals surface area (Å²) in [5.41, 5.74) is 0.466. The fourth-order valence-electron chi connectivity index (χ4n) is 1.16. The highest BCUT2D eigenvalue weighted by molar-refractivity contribution is 5.87. The predicted octanol–water partition coefficient (Wildman–Crippen LogP) is 2.37. The second-order valence-corrected chi connectivity index (χ2v) is 3.12. The molecule has 3 nitrogen and oxygen atoms in total. The van der Waals surface area contributed by atoms with Crippen molar-refractivity contribution in [2.24, 2.45) is 0 Å². The van der Waals surface area contributed by atoms with E-state index in [0.29, 0.717) is 17.1 Å².